The van der Waals surface area contributed by atoms with E-state index in [-0.39, 0.29) is 12.1 Å². The molecule has 5 aromatic rings. The summed E-state index contributed by atoms with van der Waals surface area (Å²) >= 11 is 0. The Morgan fingerprint density at radius 3 is 2.47 bits per heavy atom. The molecule has 0 amide bonds. The number of hydrogen-bond acceptors (Lipinski definition) is 8. The van der Waals surface area contributed by atoms with Crippen molar-refractivity contribution in [2.24, 2.45) is 0 Å². The van der Waals surface area contributed by atoms with Crippen molar-refractivity contribution in [1.82, 2.24) is 24.1 Å². The summed E-state index contributed by atoms with van der Waals surface area (Å²) in [6.45, 7) is 0.433. The summed E-state index contributed by atoms with van der Waals surface area (Å²) in [5.41, 5.74) is 1.03. The number of fused-ring (bicyclic) bond motifs is 1. The van der Waals surface area contributed by atoms with Crippen LogP contribution in [0.3, 0.4) is 0 Å². The van der Waals surface area contributed by atoms with Crippen molar-refractivity contribution in [2.45, 2.75) is 25.9 Å². The van der Waals surface area contributed by atoms with Crippen LogP contribution >= 0.6 is 0 Å². The van der Waals surface area contributed by atoms with Crippen molar-refractivity contribution in [3.05, 3.63) is 93.6 Å². The minimum atomic E-state index is -0.492. The second-order valence-corrected chi connectivity index (χ2v) is 7.53. The first kappa shape index (κ1) is 21.4. The molecule has 0 unspecified atom stereocenters. The molecule has 0 radical (unpaired) electrons. The Morgan fingerprint density at radius 2 is 1.71 bits per heavy atom. The zero-order chi connectivity index (χ0) is 23.5. The Kier molecular flexibility index (Phi) is 5.77. The fraction of sp³-hybridized carbons (Fsp3) is 0.208. The molecular weight excluding hydrogens is 438 g/mol. The molecule has 0 saturated heterocycles. The van der Waals surface area contributed by atoms with Crippen LogP contribution in [0.2, 0.25) is 0 Å². The highest BCUT2D eigenvalue weighted by molar-refractivity contribution is 5.76. The molecule has 0 aliphatic rings. The van der Waals surface area contributed by atoms with Crippen molar-refractivity contribution in [3.8, 4) is 17.3 Å². The first-order valence-electron chi connectivity index (χ1n) is 10.7. The molecule has 0 bridgehead atoms. The minimum absolute atomic E-state index is 0.105. The smallest absolute Gasteiger partial charge is 0.331 e. The van der Waals surface area contributed by atoms with Crippen LogP contribution in [0.25, 0.3) is 22.6 Å². The first-order valence-corrected chi connectivity index (χ1v) is 10.7. The predicted octanol–water partition coefficient (Wildman–Crippen LogP) is 2.70. The van der Waals surface area contributed by atoms with Gasteiger partial charge in [-0.1, -0.05) is 18.2 Å². The monoisotopic (exact) mass is 459 g/mol. The highest BCUT2D eigenvalue weighted by atomic mass is 16.5. The quantitative estimate of drug-likeness (QED) is 0.348. The molecule has 1 aromatic carbocycles. The van der Waals surface area contributed by atoms with Crippen LogP contribution in [0.15, 0.2) is 79.7 Å². The van der Waals surface area contributed by atoms with Crippen molar-refractivity contribution >= 4 is 11.0 Å². The highest BCUT2D eigenvalue weighted by Crippen LogP contribution is 2.20. The Morgan fingerprint density at radius 1 is 0.912 bits per heavy atom. The summed E-state index contributed by atoms with van der Waals surface area (Å²) < 4.78 is 18.8. The average Bonchev–Trinajstić information content (AvgIpc) is 3.59. The molecule has 10 nitrogen and oxygen atoms in total. The lowest BCUT2D eigenvalue weighted by atomic mass is 10.1. The molecule has 0 saturated carbocycles. The lowest BCUT2D eigenvalue weighted by Crippen LogP contribution is -2.41. The van der Waals surface area contributed by atoms with E-state index >= 15 is 0 Å². The maximum Gasteiger partial charge on any atom is 0.331 e. The van der Waals surface area contributed by atoms with Gasteiger partial charge >= 0.3 is 5.69 Å². The summed E-state index contributed by atoms with van der Waals surface area (Å²) in [4.78, 5) is 39.4. The molecule has 0 aliphatic heterocycles. The zero-order valence-electron chi connectivity index (χ0n) is 18.4. The molecule has 0 atom stereocenters. The van der Waals surface area contributed by atoms with Crippen molar-refractivity contribution < 1.29 is 13.6 Å². The average molecular weight is 459 g/mol. The van der Waals surface area contributed by atoms with E-state index in [4.69, 9.17) is 13.6 Å². The summed E-state index contributed by atoms with van der Waals surface area (Å²) in [7, 11) is 1.61. The SMILES string of the molecule is COc1ccccc1CCn1c(=O)n(CCc2ncco2)c(=O)c2nc(-c3ncco3)ccc21. The van der Waals surface area contributed by atoms with Crippen LogP contribution in [-0.4, -0.2) is 31.2 Å². The van der Waals surface area contributed by atoms with Gasteiger partial charge in [0.1, 0.15) is 24.0 Å². The second-order valence-electron chi connectivity index (χ2n) is 7.53. The van der Waals surface area contributed by atoms with Gasteiger partial charge in [0.2, 0.25) is 5.89 Å². The Bertz CT molecular complexity index is 1530. The normalized spacial score (nSPS) is 11.2. The Labute approximate surface area is 193 Å². The summed E-state index contributed by atoms with van der Waals surface area (Å²) in [6, 6.07) is 11.0. The van der Waals surface area contributed by atoms with Gasteiger partial charge in [-0.25, -0.2) is 19.7 Å². The Hall–Kier alpha value is -4.47. The molecule has 172 valence electrons. The van der Waals surface area contributed by atoms with Gasteiger partial charge in [0.25, 0.3) is 5.56 Å². The van der Waals surface area contributed by atoms with Crippen molar-refractivity contribution in [3.63, 3.8) is 0 Å². The van der Waals surface area contributed by atoms with Gasteiger partial charge in [0.15, 0.2) is 11.4 Å². The standard InChI is InChI=1S/C24H21N5O5/c1-32-19-5-3-2-4-16(19)8-12-28-18-7-6-17(22-26-11-15-34-22)27-21(18)23(30)29(24(28)31)13-9-20-25-10-14-33-20/h2-7,10-11,14-15H,8-9,12-13H2,1H3. The molecule has 5 rings (SSSR count). The predicted molar refractivity (Wildman–Crippen MR) is 123 cm³/mol. The van der Waals surface area contributed by atoms with E-state index in [1.165, 1.54) is 29.5 Å². The largest absolute Gasteiger partial charge is 0.496 e. The molecule has 0 aliphatic carbocycles. The molecule has 34 heavy (non-hydrogen) atoms. The second kappa shape index (κ2) is 9.18. The van der Waals surface area contributed by atoms with Crippen LogP contribution < -0.4 is 16.0 Å². The van der Waals surface area contributed by atoms with E-state index in [2.05, 4.69) is 15.0 Å². The molecule has 10 heteroatoms. The fourth-order valence-electron chi connectivity index (χ4n) is 3.90. The third-order valence-electron chi connectivity index (χ3n) is 5.56. The first-order chi connectivity index (χ1) is 16.7. The van der Waals surface area contributed by atoms with E-state index < -0.39 is 11.2 Å². The van der Waals surface area contributed by atoms with Gasteiger partial charge < -0.3 is 13.6 Å². The number of para-hydroxylation sites is 1. The summed E-state index contributed by atoms with van der Waals surface area (Å²) in [5, 5.41) is 0. The number of pyridine rings is 1. The van der Waals surface area contributed by atoms with Crippen LogP contribution in [0.5, 0.6) is 5.75 Å². The van der Waals surface area contributed by atoms with Crippen molar-refractivity contribution in [1.29, 1.82) is 0 Å². The van der Waals surface area contributed by atoms with Crippen molar-refractivity contribution in [2.75, 3.05) is 7.11 Å². The van der Waals surface area contributed by atoms with Crippen LogP contribution in [0.4, 0.5) is 0 Å². The maximum atomic E-state index is 13.4. The third kappa shape index (κ3) is 4.01. The number of oxazole rings is 2. The van der Waals surface area contributed by atoms with E-state index in [0.717, 1.165) is 11.3 Å². The highest BCUT2D eigenvalue weighted by Gasteiger charge is 2.17. The van der Waals surface area contributed by atoms with Gasteiger partial charge in [0.05, 0.1) is 25.0 Å². The van der Waals surface area contributed by atoms with Crippen LogP contribution in [0.1, 0.15) is 11.5 Å². The Balaban J connectivity index is 1.61. The number of nitrogens with zero attached hydrogens (tertiary/aromatic N) is 5. The molecule has 4 heterocycles. The fourth-order valence-corrected chi connectivity index (χ4v) is 3.90. The number of benzene rings is 1. The zero-order valence-corrected chi connectivity index (χ0v) is 18.4. The number of hydrogen-bond donors (Lipinski definition) is 0. The molecule has 0 spiro atoms. The number of rotatable bonds is 8. The number of ether oxygens (including phenoxy) is 1. The number of methoxy groups -OCH3 is 1. The van der Waals surface area contributed by atoms with Gasteiger partial charge in [0, 0.05) is 19.5 Å². The molecule has 0 fully saturated rings. The summed E-state index contributed by atoms with van der Waals surface area (Å²) in [5.74, 6) is 1.47. The van der Waals surface area contributed by atoms with E-state index in [1.807, 2.05) is 24.3 Å². The van der Waals surface area contributed by atoms with Gasteiger partial charge in [-0.3, -0.25) is 13.9 Å². The van der Waals surface area contributed by atoms with Gasteiger partial charge in [-0.05, 0) is 30.2 Å². The van der Waals surface area contributed by atoms with E-state index in [9.17, 15) is 9.59 Å². The summed E-state index contributed by atoms with van der Waals surface area (Å²) in [6.07, 6.45) is 6.73. The van der Waals surface area contributed by atoms with Crippen LogP contribution in [-0.2, 0) is 25.9 Å². The van der Waals surface area contributed by atoms with Crippen LogP contribution in [0, 0.1) is 0 Å². The lowest BCUT2D eigenvalue weighted by molar-refractivity contribution is 0.408. The lowest BCUT2D eigenvalue weighted by Gasteiger charge is -2.15. The number of aryl methyl sites for hydroxylation is 3. The number of aromatic nitrogens is 5. The van der Waals surface area contributed by atoms with E-state index in [0.29, 0.717) is 42.4 Å². The molecule has 0 N–H and O–H groups in total. The third-order valence-corrected chi connectivity index (χ3v) is 5.56. The molecular formula is C24H21N5O5. The minimum Gasteiger partial charge on any atom is -0.496 e. The van der Waals surface area contributed by atoms with Gasteiger partial charge in [-0.2, -0.15) is 0 Å². The van der Waals surface area contributed by atoms with E-state index in [1.54, 1.807) is 23.8 Å². The maximum absolute atomic E-state index is 13.4. The van der Waals surface area contributed by atoms with Gasteiger partial charge in [-0.15, -0.1) is 0 Å². The molecule has 4 aromatic heterocycles. The topological polar surface area (TPSA) is 118 Å².